The van der Waals surface area contributed by atoms with Gasteiger partial charge in [-0.25, -0.2) is 15.0 Å². The van der Waals surface area contributed by atoms with Crippen LogP contribution in [0, 0.1) is 6.92 Å². The Kier molecular flexibility index (Phi) is 3.85. The number of benzene rings is 2. The number of aryl methyl sites for hydroxylation is 1. The molecule has 0 amide bonds. The third-order valence-corrected chi connectivity index (χ3v) is 4.88. The molecule has 0 fully saturated rings. The Labute approximate surface area is 148 Å². The van der Waals surface area contributed by atoms with Crippen LogP contribution in [0.15, 0.2) is 36.7 Å². The smallest absolute Gasteiger partial charge is 0.143 e. The van der Waals surface area contributed by atoms with Crippen LogP contribution in [-0.4, -0.2) is 29.2 Å². The van der Waals surface area contributed by atoms with Gasteiger partial charge in [0.2, 0.25) is 0 Å². The monoisotopic (exact) mass is 352 g/mol. The lowest BCUT2D eigenvalue weighted by Crippen LogP contribution is -1.97. The van der Waals surface area contributed by atoms with Crippen LogP contribution in [0.25, 0.3) is 21.1 Å². The molecule has 2 heterocycles. The van der Waals surface area contributed by atoms with Gasteiger partial charge in [-0.1, -0.05) is 0 Å². The molecule has 0 spiro atoms. The van der Waals surface area contributed by atoms with Crippen LogP contribution in [0.4, 0.5) is 11.5 Å². The van der Waals surface area contributed by atoms with Crippen molar-refractivity contribution >= 4 is 44.0 Å². The zero-order chi connectivity index (χ0) is 17.4. The second kappa shape index (κ2) is 6.18. The van der Waals surface area contributed by atoms with E-state index >= 15 is 0 Å². The number of nitrogens with zero attached hydrogens (tertiary/aromatic N) is 3. The first-order valence-corrected chi connectivity index (χ1v) is 8.50. The number of thiazole rings is 1. The van der Waals surface area contributed by atoms with Gasteiger partial charge in [0.25, 0.3) is 0 Å². The van der Waals surface area contributed by atoms with E-state index in [1.54, 1.807) is 31.9 Å². The van der Waals surface area contributed by atoms with Gasteiger partial charge in [0.15, 0.2) is 0 Å². The first-order chi connectivity index (χ1) is 12.2. The number of anilines is 2. The SMILES string of the molecule is COc1cc(Nc2ncnc3ccc4nc(C)sc4c23)cc(OC)c1. The molecular formula is C18H16N4O2S. The second-order valence-electron chi connectivity index (χ2n) is 5.49. The molecule has 0 aliphatic carbocycles. The molecule has 0 saturated carbocycles. The molecule has 0 bridgehead atoms. The van der Waals surface area contributed by atoms with Gasteiger partial charge < -0.3 is 14.8 Å². The number of nitrogens with one attached hydrogen (secondary N) is 1. The summed E-state index contributed by atoms with van der Waals surface area (Å²) in [6.07, 6.45) is 1.56. The zero-order valence-electron chi connectivity index (χ0n) is 14.0. The first-order valence-electron chi connectivity index (χ1n) is 7.69. The maximum Gasteiger partial charge on any atom is 0.143 e. The van der Waals surface area contributed by atoms with Crippen molar-refractivity contribution in [2.75, 3.05) is 19.5 Å². The number of methoxy groups -OCH3 is 2. The summed E-state index contributed by atoms with van der Waals surface area (Å²) in [7, 11) is 3.25. The van der Waals surface area contributed by atoms with Crippen molar-refractivity contribution in [3.05, 3.63) is 41.7 Å². The molecule has 2 aromatic heterocycles. The van der Waals surface area contributed by atoms with Gasteiger partial charge in [-0.05, 0) is 19.1 Å². The van der Waals surface area contributed by atoms with E-state index in [9.17, 15) is 0 Å². The largest absolute Gasteiger partial charge is 0.497 e. The van der Waals surface area contributed by atoms with Gasteiger partial charge >= 0.3 is 0 Å². The number of hydrogen-bond acceptors (Lipinski definition) is 7. The molecule has 0 aliphatic rings. The summed E-state index contributed by atoms with van der Waals surface area (Å²) in [5, 5.41) is 5.34. The Bertz CT molecular complexity index is 1060. The summed E-state index contributed by atoms with van der Waals surface area (Å²) in [6.45, 7) is 2.00. The predicted octanol–water partition coefficient (Wildman–Crippen LogP) is 4.31. The molecular weight excluding hydrogens is 336 g/mol. The summed E-state index contributed by atoms with van der Waals surface area (Å²) in [5.41, 5.74) is 2.66. The fourth-order valence-electron chi connectivity index (χ4n) is 2.75. The molecule has 4 rings (SSSR count). The number of fused-ring (bicyclic) bond motifs is 3. The Balaban J connectivity index is 1.88. The van der Waals surface area contributed by atoms with E-state index in [4.69, 9.17) is 9.47 Å². The van der Waals surface area contributed by atoms with Crippen LogP contribution >= 0.6 is 11.3 Å². The lowest BCUT2D eigenvalue weighted by molar-refractivity contribution is 0.395. The van der Waals surface area contributed by atoms with Crippen molar-refractivity contribution in [3.63, 3.8) is 0 Å². The Morgan fingerprint density at radius 2 is 1.68 bits per heavy atom. The molecule has 0 unspecified atom stereocenters. The maximum absolute atomic E-state index is 5.34. The van der Waals surface area contributed by atoms with Crippen molar-refractivity contribution in [2.24, 2.45) is 0 Å². The van der Waals surface area contributed by atoms with E-state index in [1.165, 1.54) is 0 Å². The van der Waals surface area contributed by atoms with Crippen LogP contribution in [0.1, 0.15) is 5.01 Å². The molecule has 1 N–H and O–H groups in total. The van der Waals surface area contributed by atoms with Gasteiger partial charge in [0.05, 0.1) is 40.3 Å². The average molecular weight is 352 g/mol. The fraction of sp³-hybridized carbons (Fsp3) is 0.167. The van der Waals surface area contributed by atoms with Crippen LogP contribution in [0.5, 0.6) is 11.5 Å². The van der Waals surface area contributed by atoms with E-state index < -0.39 is 0 Å². The van der Waals surface area contributed by atoms with Gasteiger partial charge in [0.1, 0.15) is 23.6 Å². The quantitative estimate of drug-likeness (QED) is 0.590. The third kappa shape index (κ3) is 2.83. The molecule has 7 heteroatoms. The minimum Gasteiger partial charge on any atom is -0.497 e. The summed E-state index contributed by atoms with van der Waals surface area (Å²) in [4.78, 5) is 13.4. The highest BCUT2D eigenvalue weighted by Crippen LogP contribution is 2.35. The number of rotatable bonds is 4. The standard InChI is InChI=1S/C18H16N4O2S/c1-10-21-15-5-4-14-16(17(15)25-10)18(20-9-19-14)22-11-6-12(23-2)8-13(7-11)24-3/h4-9H,1-3H3,(H,19,20,22). The highest BCUT2D eigenvalue weighted by Gasteiger charge is 2.12. The topological polar surface area (TPSA) is 69.2 Å². The number of hydrogen-bond donors (Lipinski definition) is 1. The molecule has 6 nitrogen and oxygen atoms in total. The predicted molar refractivity (Wildman–Crippen MR) is 100 cm³/mol. The van der Waals surface area contributed by atoms with E-state index in [0.717, 1.165) is 37.6 Å². The van der Waals surface area contributed by atoms with E-state index in [0.29, 0.717) is 11.5 Å². The molecule has 0 aliphatic heterocycles. The van der Waals surface area contributed by atoms with Crippen LogP contribution < -0.4 is 14.8 Å². The molecule has 4 aromatic rings. The molecule has 0 saturated heterocycles. The molecule has 2 aromatic carbocycles. The van der Waals surface area contributed by atoms with Crippen molar-refractivity contribution in [2.45, 2.75) is 6.92 Å². The summed E-state index contributed by atoms with van der Waals surface area (Å²) in [5.74, 6) is 2.15. The second-order valence-corrected chi connectivity index (χ2v) is 6.69. The Hall–Kier alpha value is -2.93. The van der Waals surface area contributed by atoms with Crippen LogP contribution in [-0.2, 0) is 0 Å². The maximum atomic E-state index is 5.34. The summed E-state index contributed by atoms with van der Waals surface area (Å²) >= 11 is 1.64. The third-order valence-electron chi connectivity index (χ3n) is 3.88. The van der Waals surface area contributed by atoms with E-state index in [1.807, 2.05) is 37.3 Å². The van der Waals surface area contributed by atoms with E-state index in [2.05, 4.69) is 20.3 Å². The Morgan fingerprint density at radius 1 is 0.960 bits per heavy atom. The highest BCUT2D eigenvalue weighted by molar-refractivity contribution is 7.19. The average Bonchev–Trinajstić information content (AvgIpc) is 3.01. The minimum atomic E-state index is 0.707. The summed E-state index contributed by atoms with van der Waals surface area (Å²) < 4.78 is 11.7. The van der Waals surface area contributed by atoms with Crippen molar-refractivity contribution in [1.82, 2.24) is 15.0 Å². The number of aromatic nitrogens is 3. The molecule has 25 heavy (non-hydrogen) atoms. The first kappa shape index (κ1) is 15.6. The van der Waals surface area contributed by atoms with Crippen molar-refractivity contribution < 1.29 is 9.47 Å². The normalized spacial score (nSPS) is 11.0. The molecule has 0 radical (unpaired) electrons. The number of ether oxygens (including phenoxy) is 2. The molecule has 0 atom stereocenters. The van der Waals surface area contributed by atoms with Gasteiger partial charge in [-0.3, -0.25) is 0 Å². The van der Waals surface area contributed by atoms with Crippen molar-refractivity contribution in [1.29, 1.82) is 0 Å². The summed E-state index contributed by atoms with van der Waals surface area (Å²) in [6, 6.07) is 9.58. The van der Waals surface area contributed by atoms with Gasteiger partial charge in [-0.15, -0.1) is 11.3 Å². The van der Waals surface area contributed by atoms with E-state index in [-0.39, 0.29) is 0 Å². The van der Waals surface area contributed by atoms with Crippen LogP contribution in [0.2, 0.25) is 0 Å². The minimum absolute atomic E-state index is 0.707. The lowest BCUT2D eigenvalue weighted by Gasteiger charge is -2.11. The van der Waals surface area contributed by atoms with Gasteiger partial charge in [-0.2, -0.15) is 0 Å². The lowest BCUT2D eigenvalue weighted by atomic mass is 10.2. The van der Waals surface area contributed by atoms with Crippen molar-refractivity contribution in [3.8, 4) is 11.5 Å². The fourth-order valence-corrected chi connectivity index (χ4v) is 3.71. The highest BCUT2D eigenvalue weighted by atomic mass is 32.1. The van der Waals surface area contributed by atoms with Crippen LogP contribution in [0.3, 0.4) is 0 Å². The Morgan fingerprint density at radius 3 is 2.40 bits per heavy atom. The zero-order valence-corrected chi connectivity index (χ0v) is 14.8. The van der Waals surface area contributed by atoms with Gasteiger partial charge in [0, 0.05) is 23.9 Å². The molecule has 126 valence electrons.